The summed E-state index contributed by atoms with van der Waals surface area (Å²) in [7, 11) is 0. The minimum Gasteiger partial charge on any atom is -0.462 e. The zero-order valence-corrected chi connectivity index (χ0v) is 16.1. The van der Waals surface area contributed by atoms with Gasteiger partial charge in [0.15, 0.2) is 0 Å². The molecule has 1 fully saturated rings. The second-order valence-corrected chi connectivity index (χ2v) is 8.06. The van der Waals surface area contributed by atoms with E-state index in [4.69, 9.17) is 9.47 Å². The number of carbonyl (C=O) groups is 2. The van der Waals surface area contributed by atoms with Crippen molar-refractivity contribution < 1.29 is 19.1 Å². The van der Waals surface area contributed by atoms with E-state index < -0.39 is 5.60 Å². The number of aromatic nitrogens is 1. The average Bonchev–Trinajstić information content (AvgIpc) is 3.14. The summed E-state index contributed by atoms with van der Waals surface area (Å²) >= 11 is 1.41. The number of rotatable bonds is 6. The standard InChI is InChI=1S/C17H27N3O4S/c1-5-23-15(21)13-10-19-14(25-13)12-6-8-20(11-12)9-7-18-16(22)24-17(2,3)4/h10,12H,5-9,11H2,1-4H3,(H,18,22)/t12-/m1/s1. The summed E-state index contributed by atoms with van der Waals surface area (Å²) in [5.74, 6) is 0.0253. The monoisotopic (exact) mass is 369 g/mol. The van der Waals surface area contributed by atoms with Gasteiger partial charge in [0, 0.05) is 25.6 Å². The van der Waals surface area contributed by atoms with Crippen LogP contribution >= 0.6 is 11.3 Å². The van der Waals surface area contributed by atoms with Crippen molar-refractivity contribution in [2.24, 2.45) is 0 Å². The minimum atomic E-state index is -0.482. The van der Waals surface area contributed by atoms with E-state index in [0.717, 1.165) is 31.1 Å². The molecule has 1 aromatic heterocycles. The van der Waals surface area contributed by atoms with Gasteiger partial charge in [-0.2, -0.15) is 0 Å². The fraction of sp³-hybridized carbons (Fsp3) is 0.706. The largest absolute Gasteiger partial charge is 0.462 e. The molecule has 1 aliphatic heterocycles. The molecule has 140 valence electrons. The summed E-state index contributed by atoms with van der Waals surface area (Å²) in [6.45, 7) is 10.8. The highest BCUT2D eigenvalue weighted by atomic mass is 32.1. The number of thiazole rings is 1. The van der Waals surface area contributed by atoms with Crippen LogP contribution in [0, 0.1) is 0 Å². The van der Waals surface area contributed by atoms with E-state index in [-0.39, 0.29) is 12.1 Å². The van der Waals surface area contributed by atoms with Crippen molar-refractivity contribution in [3.8, 4) is 0 Å². The van der Waals surface area contributed by atoms with Crippen molar-refractivity contribution in [1.29, 1.82) is 0 Å². The molecule has 0 aromatic carbocycles. The van der Waals surface area contributed by atoms with Crippen molar-refractivity contribution in [3.05, 3.63) is 16.1 Å². The first-order chi connectivity index (χ1) is 11.8. The topological polar surface area (TPSA) is 80.8 Å². The molecule has 25 heavy (non-hydrogen) atoms. The van der Waals surface area contributed by atoms with Crippen LogP contribution in [0.15, 0.2) is 6.20 Å². The van der Waals surface area contributed by atoms with E-state index in [0.29, 0.717) is 23.9 Å². The Morgan fingerprint density at radius 1 is 1.44 bits per heavy atom. The lowest BCUT2D eigenvalue weighted by Gasteiger charge is -2.21. The van der Waals surface area contributed by atoms with Crippen LogP contribution in [0.1, 0.15) is 54.7 Å². The number of carbonyl (C=O) groups excluding carboxylic acids is 2. The van der Waals surface area contributed by atoms with Crippen molar-refractivity contribution in [1.82, 2.24) is 15.2 Å². The first-order valence-electron chi connectivity index (χ1n) is 8.60. The average molecular weight is 369 g/mol. The number of esters is 1. The molecule has 1 aromatic rings. The normalized spacial score (nSPS) is 18.2. The summed E-state index contributed by atoms with van der Waals surface area (Å²) < 4.78 is 10.2. The van der Waals surface area contributed by atoms with Crippen LogP contribution in [0.2, 0.25) is 0 Å². The molecule has 1 atom stereocenters. The minimum absolute atomic E-state index is 0.303. The maximum atomic E-state index is 11.7. The van der Waals surface area contributed by atoms with Gasteiger partial charge < -0.3 is 19.7 Å². The number of nitrogens with one attached hydrogen (secondary N) is 1. The summed E-state index contributed by atoms with van der Waals surface area (Å²) in [6.07, 6.45) is 2.22. The first-order valence-corrected chi connectivity index (χ1v) is 9.42. The van der Waals surface area contributed by atoms with Crippen molar-refractivity contribution in [2.45, 2.75) is 45.6 Å². The molecule has 0 unspecified atom stereocenters. The molecule has 2 heterocycles. The summed E-state index contributed by atoms with van der Waals surface area (Å²) in [5.41, 5.74) is -0.482. The Bertz CT molecular complexity index is 597. The number of alkyl carbamates (subject to hydrolysis) is 1. The molecule has 0 saturated carbocycles. The van der Waals surface area contributed by atoms with Gasteiger partial charge in [-0.1, -0.05) is 0 Å². The smallest absolute Gasteiger partial charge is 0.407 e. The van der Waals surface area contributed by atoms with Gasteiger partial charge in [-0.25, -0.2) is 14.6 Å². The molecular formula is C17H27N3O4S. The van der Waals surface area contributed by atoms with Gasteiger partial charge in [0.2, 0.25) is 0 Å². The van der Waals surface area contributed by atoms with Crippen LogP contribution in [0.3, 0.4) is 0 Å². The molecule has 1 aliphatic rings. The molecule has 1 N–H and O–H groups in total. The van der Waals surface area contributed by atoms with Crippen LogP contribution in [0.5, 0.6) is 0 Å². The van der Waals surface area contributed by atoms with Crippen LogP contribution in [-0.4, -0.2) is 60.3 Å². The van der Waals surface area contributed by atoms with Crippen LogP contribution in [0.4, 0.5) is 4.79 Å². The third-order valence-corrected chi connectivity index (χ3v) is 4.86. The number of hydrogen-bond donors (Lipinski definition) is 1. The van der Waals surface area contributed by atoms with E-state index in [9.17, 15) is 9.59 Å². The van der Waals surface area contributed by atoms with Crippen molar-refractivity contribution in [3.63, 3.8) is 0 Å². The zero-order valence-electron chi connectivity index (χ0n) is 15.3. The molecule has 2 rings (SSSR count). The van der Waals surface area contributed by atoms with Crippen LogP contribution in [-0.2, 0) is 9.47 Å². The molecule has 1 amide bonds. The lowest BCUT2D eigenvalue weighted by molar-refractivity contribution is 0.0516. The van der Waals surface area contributed by atoms with Gasteiger partial charge >= 0.3 is 12.1 Å². The Hall–Kier alpha value is -1.67. The molecule has 0 bridgehead atoms. The van der Waals surface area contributed by atoms with Gasteiger partial charge in [-0.05, 0) is 40.7 Å². The van der Waals surface area contributed by atoms with Gasteiger partial charge in [-0.3, -0.25) is 0 Å². The van der Waals surface area contributed by atoms with E-state index >= 15 is 0 Å². The molecule has 8 heteroatoms. The van der Waals surface area contributed by atoms with E-state index in [1.807, 2.05) is 20.8 Å². The van der Waals surface area contributed by atoms with E-state index in [1.54, 1.807) is 13.1 Å². The van der Waals surface area contributed by atoms with E-state index in [1.165, 1.54) is 11.3 Å². The Kier molecular flexibility index (Phi) is 6.78. The molecule has 0 radical (unpaired) electrons. The number of amides is 1. The predicted molar refractivity (Wildman–Crippen MR) is 96.1 cm³/mol. The van der Waals surface area contributed by atoms with Crippen molar-refractivity contribution in [2.75, 3.05) is 32.8 Å². The maximum absolute atomic E-state index is 11.7. The second-order valence-electron chi connectivity index (χ2n) is 7.00. The number of ether oxygens (including phenoxy) is 2. The quantitative estimate of drug-likeness (QED) is 0.777. The second kappa shape index (κ2) is 8.62. The third kappa shape index (κ3) is 6.28. The fourth-order valence-electron chi connectivity index (χ4n) is 2.64. The lowest BCUT2D eigenvalue weighted by atomic mass is 10.1. The highest BCUT2D eigenvalue weighted by Crippen LogP contribution is 2.30. The third-order valence-electron chi connectivity index (χ3n) is 3.72. The Labute approximate surface area is 152 Å². The van der Waals surface area contributed by atoms with Gasteiger partial charge in [-0.15, -0.1) is 11.3 Å². The Morgan fingerprint density at radius 2 is 2.20 bits per heavy atom. The van der Waals surface area contributed by atoms with Crippen molar-refractivity contribution >= 4 is 23.4 Å². The zero-order chi connectivity index (χ0) is 18.4. The summed E-state index contributed by atoms with van der Waals surface area (Å²) in [6, 6.07) is 0. The molecule has 7 nitrogen and oxygen atoms in total. The SMILES string of the molecule is CCOC(=O)c1cnc([C@@H]2CCN(CCNC(=O)OC(C)(C)C)C2)s1. The van der Waals surface area contributed by atoms with Gasteiger partial charge in [0.25, 0.3) is 0 Å². The summed E-state index contributed by atoms with van der Waals surface area (Å²) in [5, 5.41) is 3.75. The number of likely N-dealkylation sites (tertiary alicyclic amines) is 1. The Balaban J connectivity index is 1.74. The molecule has 0 spiro atoms. The van der Waals surface area contributed by atoms with Crippen LogP contribution in [0.25, 0.3) is 0 Å². The molecule has 0 aliphatic carbocycles. The first kappa shape index (κ1) is 19.7. The lowest BCUT2D eigenvalue weighted by Crippen LogP contribution is -2.37. The van der Waals surface area contributed by atoms with Crippen LogP contribution < -0.4 is 5.32 Å². The van der Waals surface area contributed by atoms with Gasteiger partial charge in [0.1, 0.15) is 10.5 Å². The highest BCUT2D eigenvalue weighted by Gasteiger charge is 2.27. The van der Waals surface area contributed by atoms with Gasteiger partial charge in [0.05, 0.1) is 17.8 Å². The van der Waals surface area contributed by atoms with E-state index in [2.05, 4.69) is 15.2 Å². The molecule has 1 saturated heterocycles. The predicted octanol–water partition coefficient (Wildman–Crippen LogP) is 2.63. The summed E-state index contributed by atoms with van der Waals surface area (Å²) in [4.78, 5) is 30.6. The highest BCUT2D eigenvalue weighted by molar-refractivity contribution is 7.13. The molecular weight excluding hydrogens is 342 g/mol. The Morgan fingerprint density at radius 3 is 2.88 bits per heavy atom. The number of nitrogens with zero attached hydrogens (tertiary/aromatic N) is 2. The maximum Gasteiger partial charge on any atom is 0.407 e. The number of hydrogen-bond acceptors (Lipinski definition) is 7. The fourth-order valence-corrected chi connectivity index (χ4v) is 3.58.